The third kappa shape index (κ3) is 7.26. The first-order chi connectivity index (χ1) is 4.87. The number of carbonyl (C=O) groups excluding carboxylic acids is 1. The Kier molecular flexibility index (Phi) is 7.68. The summed E-state index contributed by atoms with van der Waals surface area (Å²) in [6, 6.07) is 0. The van der Waals surface area contributed by atoms with Crippen LogP contribution in [0.2, 0.25) is 0 Å². The van der Waals surface area contributed by atoms with Crippen molar-refractivity contribution >= 4 is 67.2 Å². The first kappa shape index (κ1) is 15.1. The molecule has 0 fully saturated rings. The van der Waals surface area contributed by atoms with Crippen LogP contribution in [0.4, 0.5) is 0 Å². The van der Waals surface area contributed by atoms with Gasteiger partial charge in [-0.25, -0.2) is 13.2 Å². The van der Waals surface area contributed by atoms with Gasteiger partial charge in [-0.1, -0.05) is 0 Å². The molecule has 0 atom stereocenters. The Balaban J connectivity index is 0. The molecule has 0 aromatic carbocycles. The van der Waals surface area contributed by atoms with E-state index in [1.807, 2.05) is 0 Å². The fourth-order valence-electron chi connectivity index (χ4n) is 0.355. The molecule has 0 heterocycles. The van der Waals surface area contributed by atoms with Crippen molar-refractivity contribution in [3.05, 3.63) is 11.2 Å². The van der Waals surface area contributed by atoms with Crippen molar-refractivity contribution in [1.82, 2.24) is 0 Å². The largest absolute Gasteiger partial charge is 0.501 e. The first-order valence-corrected chi connectivity index (χ1v) is 4.51. The molecule has 0 rings (SSSR count). The van der Waals surface area contributed by atoms with Crippen molar-refractivity contribution in [1.29, 1.82) is 0 Å². The average molecular weight is 219 g/mol. The maximum atomic E-state index is 10.4. The fraction of sp³-hybridized carbons (Fsp3) is 0.400. The van der Waals surface area contributed by atoms with Gasteiger partial charge in [0.05, 0.1) is 12.5 Å². The monoisotopic (exact) mass is 219 g/mol. The van der Waals surface area contributed by atoms with E-state index in [9.17, 15) is 13.2 Å². The topological polar surface area (TPSA) is 80.7 Å². The normalized spacial score (nSPS) is 11.7. The van der Waals surface area contributed by atoms with E-state index in [0.29, 0.717) is 5.41 Å². The Labute approximate surface area is 113 Å². The van der Waals surface area contributed by atoms with E-state index in [2.05, 4.69) is 4.74 Å². The van der Waals surface area contributed by atoms with E-state index in [-0.39, 0.29) is 51.4 Å². The predicted octanol–water partition coefficient (Wildman–Crippen LogP) is -0.777. The summed E-state index contributed by atoms with van der Waals surface area (Å²) in [6.45, 7) is 0. The molecule has 0 bridgehead atoms. The third-order valence-corrected chi connectivity index (χ3v) is 1.37. The standard InChI is InChI=1S/C5H8O5S.K/c1-10-5(7)4(6)3-11(2,8)9;/h3,6H,1-2H3;. The molecule has 0 aliphatic carbocycles. The second-order valence-corrected chi connectivity index (χ2v) is 3.72. The van der Waals surface area contributed by atoms with Gasteiger partial charge in [0, 0.05) is 57.6 Å². The predicted molar refractivity (Wildman–Crippen MR) is 43.3 cm³/mol. The zero-order valence-corrected chi connectivity index (χ0v) is 11.0. The number of aliphatic hydroxyl groups excluding tert-OH is 1. The molecule has 0 spiro atoms. The minimum absolute atomic E-state index is 0. The molecule has 5 nitrogen and oxygen atoms in total. The van der Waals surface area contributed by atoms with Gasteiger partial charge in [0.2, 0.25) is 5.76 Å². The molecule has 0 aliphatic heterocycles. The molecule has 0 aliphatic rings. The molecule has 0 amide bonds. The fourth-order valence-corrected chi connectivity index (χ4v) is 0.857. The van der Waals surface area contributed by atoms with Crippen molar-refractivity contribution in [3.8, 4) is 0 Å². The van der Waals surface area contributed by atoms with Gasteiger partial charge in [-0.3, -0.25) is 0 Å². The van der Waals surface area contributed by atoms with Crippen LogP contribution < -0.4 is 0 Å². The van der Waals surface area contributed by atoms with Crippen LogP contribution in [0, 0.1) is 0 Å². The molecular weight excluding hydrogens is 211 g/mol. The van der Waals surface area contributed by atoms with Gasteiger partial charge in [-0.15, -0.1) is 0 Å². The Bertz CT molecular complexity index is 278. The van der Waals surface area contributed by atoms with E-state index < -0.39 is 21.6 Å². The van der Waals surface area contributed by atoms with E-state index in [1.165, 1.54) is 0 Å². The average Bonchev–Trinajstić information content (AvgIpc) is 1.82. The van der Waals surface area contributed by atoms with E-state index in [1.54, 1.807) is 0 Å². The Hall–Kier alpha value is 0.596. The number of hydrogen-bond donors (Lipinski definition) is 1. The molecule has 0 aromatic rings. The number of rotatable bonds is 2. The summed E-state index contributed by atoms with van der Waals surface area (Å²) >= 11 is 0. The van der Waals surface area contributed by atoms with Gasteiger partial charge < -0.3 is 9.84 Å². The summed E-state index contributed by atoms with van der Waals surface area (Å²) in [5, 5.41) is 9.09. The molecule has 0 saturated carbocycles. The molecule has 65 valence electrons. The van der Waals surface area contributed by atoms with Crippen molar-refractivity contribution in [3.63, 3.8) is 0 Å². The number of methoxy groups -OCH3 is 1. The van der Waals surface area contributed by atoms with Gasteiger partial charge in [0.1, 0.15) is 0 Å². The van der Waals surface area contributed by atoms with Crippen LogP contribution in [0.15, 0.2) is 11.2 Å². The van der Waals surface area contributed by atoms with Crippen LogP contribution in [0.3, 0.4) is 0 Å². The molecule has 12 heavy (non-hydrogen) atoms. The second kappa shape index (κ2) is 6.11. The zero-order valence-electron chi connectivity index (χ0n) is 7.07. The number of carbonyl (C=O) groups is 1. The Morgan fingerprint density at radius 2 is 1.92 bits per heavy atom. The third-order valence-electron chi connectivity index (χ3n) is 0.720. The summed E-state index contributed by atoms with van der Waals surface area (Å²) in [6.07, 6.45) is 0.853. The maximum absolute atomic E-state index is 10.4. The number of ether oxygens (including phenoxy) is 1. The van der Waals surface area contributed by atoms with Crippen LogP contribution in [-0.2, 0) is 19.4 Å². The second-order valence-electron chi connectivity index (χ2n) is 1.82. The van der Waals surface area contributed by atoms with E-state index in [0.717, 1.165) is 13.4 Å². The molecule has 0 aromatic heterocycles. The van der Waals surface area contributed by atoms with Crippen molar-refractivity contribution < 1.29 is 23.1 Å². The summed E-state index contributed by atoms with van der Waals surface area (Å²) in [7, 11) is -2.45. The van der Waals surface area contributed by atoms with Gasteiger partial charge in [0.15, 0.2) is 9.84 Å². The zero-order chi connectivity index (χ0) is 9.07. The molecule has 0 unspecified atom stereocenters. The number of aliphatic hydroxyl groups is 1. The number of esters is 1. The minimum Gasteiger partial charge on any atom is -0.501 e. The molecule has 1 N–H and O–H groups in total. The smallest absolute Gasteiger partial charge is 0.373 e. The van der Waals surface area contributed by atoms with Crippen LogP contribution in [0.25, 0.3) is 0 Å². The van der Waals surface area contributed by atoms with Crippen LogP contribution in [0.5, 0.6) is 0 Å². The molecule has 0 saturated heterocycles. The van der Waals surface area contributed by atoms with Crippen LogP contribution >= 0.6 is 0 Å². The SMILES string of the molecule is COC(=O)C(O)=CS(C)(=O)=O.[K]. The molecular formula is C5H8KO5S. The van der Waals surface area contributed by atoms with Gasteiger partial charge >= 0.3 is 5.97 Å². The van der Waals surface area contributed by atoms with Gasteiger partial charge in [0.25, 0.3) is 0 Å². The summed E-state index contributed by atoms with van der Waals surface area (Å²) in [5.41, 5.74) is 0. The maximum Gasteiger partial charge on any atom is 0.373 e. The summed E-state index contributed by atoms with van der Waals surface area (Å²) in [5.74, 6) is -1.99. The van der Waals surface area contributed by atoms with Crippen molar-refractivity contribution in [2.75, 3.05) is 13.4 Å². The quantitative estimate of drug-likeness (QED) is 0.285. The number of hydrogen-bond acceptors (Lipinski definition) is 5. The van der Waals surface area contributed by atoms with Crippen LogP contribution in [-0.4, -0.2) is 84.2 Å². The Morgan fingerprint density at radius 3 is 2.17 bits per heavy atom. The first-order valence-electron chi connectivity index (χ1n) is 2.56. The van der Waals surface area contributed by atoms with Gasteiger partial charge in [-0.05, 0) is 0 Å². The van der Waals surface area contributed by atoms with Crippen molar-refractivity contribution in [2.24, 2.45) is 0 Å². The molecule has 7 heteroatoms. The van der Waals surface area contributed by atoms with Crippen LogP contribution in [0.1, 0.15) is 0 Å². The minimum atomic E-state index is -3.49. The number of sulfone groups is 1. The van der Waals surface area contributed by atoms with E-state index >= 15 is 0 Å². The summed E-state index contributed by atoms with van der Waals surface area (Å²) < 4.78 is 24.9. The Morgan fingerprint density at radius 1 is 1.50 bits per heavy atom. The van der Waals surface area contributed by atoms with E-state index in [4.69, 9.17) is 5.11 Å². The molecule has 1 radical (unpaired) electrons. The van der Waals surface area contributed by atoms with Gasteiger partial charge in [-0.2, -0.15) is 0 Å². The van der Waals surface area contributed by atoms with Crippen molar-refractivity contribution in [2.45, 2.75) is 0 Å². The summed E-state index contributed by atoms with van der Waals surface area (Å²) in [4.78, 5) is 10.4.